The average molecular weight is 267 g/mol. The molecule has 1 aliphatic carbocycles. The summed E-state index contributed by atoms with van der Waals surface area (Å²) in [5.41, 5.74) is 0. The summed E-state index contributed by atoms with van der Waals surface area (Å²) < 4.78 is 4.60. The quantitative estimate of drug-likeness (QED) is 0.621. The number of likely N-dealkylation sites (tertiary alicyclic amines) is 1. The molecular weight excluding hydrogens is 242 g/mol. The normalized spacial score (nSPS) is 27.2. The molecule has 0 aromatic rings. The van der Waals surface area contributed by atoms with Gasteiger partial charge in [0.2, 0.25) is 0 Å². The molecular formula is C15H25NO3. The molecule has 4 heteroatoms. The van der Waals surface area contributed by atoms with Gasteiger partial charge >= 0.3 is 5.97 Å². The number of esters is 1. The van der Waals surface area contributed by atoms with Crippen molar-refractivity contribution in [2.45, 2.75) is 38.2 Å². The zero-order chi connectivity index (χ0) is 13.7. The van der Waals surface area contributed by atoms with Gasteiger partial charge in [0.1, 0.15) is 0 Å². The van der Waals surface area contributed by atoms with Crippen molar-refractivity contribution in [3.8, 4) is 0 Å². The summed E-state index contributed by atoms with van der Waals surface area (Å²) in [6.07, 6.45) is 9.10. The van der Waals surface area contributed by atoms with Crippen molar-refractivity contribution in [2.75, 3.05) is 26.7 Å². The minimum Gasteiger partial charge on any atom is -0.467 e. The molecule has 4 nitrogen and oxygen atoms in total. The summed E-state index contributed by atoms with van der Waals surface area (Å²) in [4.78, 5) is 13.8. The van der Waals surface area contributed by atoms with Gasteiger partial charge in [-0.15, -0.1) is 0 Å². The number of hydrogen-bond donors (Lipinski definition) is 1. The van der Waals surface area contributed by atoms with Crippen LogP contribution in [0.25, 0.3) is 0 Å². The van der Waals surface area contributed by atoms with Crippen LogP contribution < -0.4 is 0 Å². The molecule has 0 saturated carbocycles. The number of methoxy groups -OCH3 is 1. The van der Waals surface area contributed by atoms with E-state index >= 15 is 0 Å². The number of nitrogens with zero attached hydrogens (tertiary/aromatic N) is 1. The first-order valence-corrected chi connectivity index (χ1v) is 7.34. The maximum absolute atomic E-state index is 11.3. The van der Waals surface area contributed by atoms with Crippen LogP contribution in [0.4, 0.5) is 0 Å². The lowest BCUT2D eigenvalue weighted by atomic mass is 9.89. The van der Waals surface area contributed by atoms with Crippen molar-refractivity contribution >= 4 is 5.97 Å². The second-order valence-electron chi connectivity index (χ2n) is 5.76. The Balaban J connectivity index is 1.73. The van der Waals surface area contributed by atoms with Crippen molar-refractivity contribution in [1.82, 2.24) is 4.90 Å². The maximum atomic E-state index is 11.3. The Hall–Kier alpha value is -0.870. The van der Waals surface area contributed by atoms with E-state index in [0.29, 0.717) is 0 Å². The lowest BCUT2D eigenvalue weighted by Crippen LogP contribution is -2.42. The standard InChI is InChI=1S/C15H25NO3/c1-19-15(18)14(17)13-7-9-16(10-8-13)11-12-5-3-2-4-6-12/h2-3,12-14,17H,4-11H2,1H3. The summed E-state index contributed by atoms with van der Waals surface area (Å²) in [6, 6.07) is 0. The highest BCUT2D eigenvalue weighted by Crippen LogP contribution is 2.25. The van der Waals surface area contributed by atoms with E-state index in [9.17, 15) is 9.90 Å². The molecule has 0 radical (unpaired) electrons. The Labute approximate surface area is 115 Å². The van der Waals surface area contributed by atoms with Crippen LogP contribution in [-0.2, 0) is 9.53 Å². The van der Waals surface area contributed by atoms with Gasteiger partial charge in [-0.2, -0.15) is 0 Å². The van der Waals surface area contributed by atoms with Gasteiger partial charge in [-0.3, -0.25) is 0 Å². The molecule has 1 fully saturated rings. The van der Waals surface area contributed by atoms with Crippen molar-refractivity contribution in [3.05, 3.63) is 12.2 Å². The van der Waals surface area contributed by atoms with E-state index in [0.717, 1.165) is 38.4 Å². The molecule has 0 bridgehead atoms. The van der Waals surface area contributed by atoms with Crippen molar-refractivity contribution in [2.24, 2.45) is 11.8 Å². The average Bonchev–Trinajstić information content (AvgIpc) is 2.47. The number of aliphatic hydroxyl groups is 1. The fourth-order valence-corrected chi connectivity index (χ4v) is 3.15. The van der Waals surface area contributed by atoms with Gasteiger partial charge in [0.05, 0.1) is 7.11 Å². The van der Waals surface area contributed by atoms with Gasteiger partial charge in [0.15, 0.2) is 6.10 Å². The first kappa shape index (κ1) is 14.5. The summed E-state index contributed by atoms with van der Waals surface area (Å²) in [7, 11) is 1.33. The monoisotopic (exact) mass is 267 g/mol. The summed E-state index contributed by atoms with van der Waals surface area (Å²) >= 11 is 0. The van der Waals surface area contributed by atoms with Crippen LogP contribution in [0, 0.1) is 11.8 Å². The Morgan fingerprint density at radius 1 is 1.37 bits per heavy atom. The minimum absolute atomic E-state index is 0.0648. The van der Waals surface area contributed by atoms with Gasteiger partial charge in [-0.05, 0) is 57.0 Å². The second-order valence-corrected chi connectivity index (χ2v) is 5.76. The number of carbonyl (C=O) groups excluding carboxylic acids is 1. The fraction of sp³-hybridized carbons (Fsp3) is 0.800. The first-order chi connectivity index (χ1) is 9.20. The summed E-state index contributed by atoms with van der Waals surface area (Å²) in [6.45, 7) is 3.13. The second kappa shape index (κ2) is 7.06. The third kappa shape index (κ3) is 4.05. The maximum Gasteiger partial charge on any atom is 0.334 e. The minimum atomic E-state index is -0.940. The highest BCUT2D eigenvalue weighted by molar-refractivity contribution is 5.74. The predicted molar refractivity (Wildman–Crippen MR) is 73.7 cm³/mol. The third-order valence-electron chi connectivity index (χ3n) is 4.42. The van der Waals surface area contributed by atoms with Gasteiger partial charge in [-0.1, -0.05) is 12.2 Å². The molecule has 2 unspecified atom stereocenters. The Morgan fingerprint density at radius 3 is 2.68 bits per heavy atom. The van der Waals surface area contributed by atoms with E-state index in [-0.39, 0.29) is 5.92 Å². The van der Waals surface area contributed by atoms with Crippen LogP contribution in [0.1, 0.15) is 32.1 Å². The van der Waals surface area contributed by atoms with E-state index in [4.69, 9.17) is 0 Å². The number of hydrogen-bond acceptors (Lipinski definition) is 4. The topological polar surface area (TPSA) is 49.8 Å². The van der Waals surface area contributed by atoms with Crippen LogP contribution in [0.3, 0.4) is 0 Å². The molecule has 1 N–H and O–H groups in total. The molecule has 1 aliphatic heterocycles. The largest absolute Gasteiger partial charge is 0.467 e. The van der Waals surface area contributed by atoms with Gasteiger partial charge < -0.3 is 14.7 Å². The van der Waals surface area contributed by atoms with Crippen LogP contribution >= 0.6 is 0 Å². The number of ether oxygens (including phenoxy) is 1. The molecule has 1 heterocycles. The Bertz CT molecular complexity index is 321. The number of allylic oxidation sites excluding steroid dienone is 2. The van der Waals surface area contributed by atoms with E-state index in [1.54, 1.807) is 0 Å². The molecule has 19 heavy (non-hydrogen) atoms. The zero-order valence-corrected chi connectivity index (χ0v) is 11.8. The third-order valence-corrected chi connectivity index (χ3v) is 4.42. The smallest absolute Gasteiger partial charge is 0.334 e. The number of carbonyl (C=O) groups is 1. The molecule has 1 saturated heterocycles. The summed E-state index contributed by atoms with van der Waals surface area (Å²) in [5, 5.41) is 9.85. The lowest BCUT2D eigenvalue weighted by molar-refractivity contribution is -0.154. The number of rotatable bonds is 4. The van der Waals surface area contributed by atoms with E-state index in [2.05, 4.69) is 21.8 Å². The lowest BCUT2D eigenvalue weighted by Gasteiger charge is -2.35. The Kier molecular flexibility index (Phi) is 5.40. The van der Waals surface area contributed by atoms with Crippen molar-refractivity contribution < 1.29 is 14.6 Å². The van der Waals surface area contributed by atoms with Gasteiger partial charge in [0, 0.05) is 6.54 Å². The highest BCUT2D eigenvalue weighted by Gasteiger charge is 2.30. The SMILES string of the molecule is COC(=O)C(O)C1CCN(CC2CC=CCC2)CC1. The van der Waals surface area contributed by atoms with Crippen molar-refractivity contribution in [1.29, 1.82) is 0 Å². The van der Waals surface area contributed by atoms with Gasteiger partial charge in [0.25, 0.3) is 0 Å². The number of aliphatic hydroxyl groups excluding tert-OH is 1. The molecule has 0 aromatic carbocycles. The predicted octanol–water partition coefficient (Wildman–Crippen LogP) is 1.59. The molecule has 0 aromatic heterocycles. The molecule has 0 spiro atoms. The molecule has 2 aliphatic rings. The molecule has 2 rings (SSSR count). The first-order valence-electron chi connectivity index (χ1n) is 7.34. The van der Waals surface area contributed by atoms with E-state index in [1.807, 2.05) is 0 Å². The molecule has 2 atom stereocenters. The Morgan fingerprint density at radius 2 is 2.11 bits per heavy atom. The van der Waals surface area contributed by atoms with Crippen molar-refractivity contribution in [3.63, 3.8) is 0 Å². The van der Waals surface area contributed by atoms with E-state index < -0.39 is 12.1 Å². The fourth-order valence-electron chi connectivity index (χ4n) is 3.15. The summed E-state index contributed by atoms with van der Waals surface area (Å²) in [5.74, 6) is 0.359. The van der Waals surface area contributed by atoms with Crippen LogP contribution in [0.2, 0.25) is 0 Å². The van der Waals surface area contributed by atoms with E-state index in [1.165, 1.54) is 26.4 Å². The van der Waals surface area contributed by atoms with Gasteiger partial charge in [-0.25, -0.2) is 4.79 Å². The molecule has 0 amide bonds. The molecule has 108 valence electrons. The van der Waals surface area contributed by atoms with Crippen LogP contribution in [0.15, 0.2) is 12.2 Å². The highest BCUT2D eigenvalue weighted by atomic mass is 16.5. The number of piperidine rings is 1. The zero-order valence-electron chi connectivity index (χ0n) is 11.8. The van der Waals surface area contributed by atoms with Crippen LogP contribution in [-0.4, -0.2) is 48.8 Å². The van der Waals surface area contributed by atoms with Crippen LogP contribution in [0.5, 0.6) is 0 Å².